The Morgan fingerprint density at radius 3 is 2.71 bits per heavy atom. The summed E-state index contributed by atoms with van der Waals surface area (Å²) in [5.74, 6) is -0.853. The van der Waals surface area contributed by atoms with Gasteiger partial charge < -0.3 is 11.1 Å². The molecule has 2 aromatic heterocycles. The van der Waals surface area contributed by atoms with E-state index >= 15 is 0 Å². The van der Waals surface area contributed by atoms with Gasteiger partial charge in [0.2, 0.25) is 11.8 Å². The predicted octanol–water partition coefficient (Wildman–Crippen LogP) is 0.463. The third-order valence-corrected chi connectivity index (χ3v) is 4.31. The molecule has 8 nitrogen and oxygen atoms in total. The van der Waals surface area contributed by atoms with Crippen LogP contribution in [0.2, 0.25) is 0 Å². The zero-order chi connectivity index (χ0) is 17.3. The van der Waals surface area contributed by atoms with Gasteiger partial charge in [0.1, 0.15) is 6.54 Å². The van der Waals surface area contributed by atoms with Gasteiger partial charge in [0.25, 0.3) is 0 Å². The highest BCUT2D eigenvalue weighted by Crippen LogP contribution is 2.16. The largest absolute Gasteiger partial charge is 0.369 e. The Bertz CT molecular complexity index is 985. The molecule has 3 rings (SSSR count). The van der Waals surface area contributed by atoms with E-state index < -0.39 is 5.91 Å². The minimum absolute atomic E-state index is 0.0230. The second kappa shape index (κ2) is 6.28. The Kier molecular flexibility index (Phi) is 4.17. The molecule has 0 radical (unpaired) electrons. The van der Waals surface area contributed by atoms with E-state index in [4.69, 9.17) is 5.73 Å². The highest BCUT2D eigenvalue weighted by Gasteiger charge is 2.14. The summed E-state index contributed by atoms with van der Waals surface area (Å²) in [4.78, 5) is 39.5. The molecule has 3 aromatic rings. The van der Waals surface area contributed by atoms with Gasteiger partial charge in [-0.1, -0.05) is 12.1 Å². The van der Waals surface area contributed by atoms with Crippen molar-refractivity contribution in [2.45, 2.75) is 13.0 Å². The number of anilines is 1. The molecule has 2 amide bonds. The fourth-order valence-electron chi connectivity index (χ4n) is 2.44. The first-order chi connectivity index (χ1) is 11.5. The van der Waals surface area contributed by atoms with Gasteiger partial charge >= 0.3 is 5.69 Å². The van der Waals surface area contributed by atoms with E-state index in [1.165, 1.54) is 20.5 Å². The second-order valence-corrected chi connectivity index (χ2v) is 6.11. The third-order valence-electron chi connectivity index (χ3n) is 3.51. The fraction of sp³-hybridized carbons (Fsp3) is 0.200. The number of thiazole rings is 1. The van der Waals surface area contributed by atoms with Crippen LogP contribution in [-0.4, -0.2) is 25.9 Å². The number of aryl methyl sites for hydroxylation is 1. The Morgan fingerprint density at radius 1 is 1.29 bits per heavy atom. The number of benzene rings is 1. The molecule has 0 atom stereocenters. The van der Waals surface area contributed by atoms with Crippen molar-refractivity contribution in [3.63, 3.8) is 0 Å². The molecule has 1 aromatic carbocycles. The quantitative estimate of drug-likeness (QED) is 0.699. The lowest BCUT2D eigenvalue weighted by Gasteiger charge is -2.03. The van der Waals surface area contributed by atoms with Crippen LogP contribution in [0.5, 0.6) is 0 Å². The first-order valence-corrected chi connectivity index (χ1v) is 8.00. The average Bonchev–Trinajstić information content (AvgIpc) is 3.05. The number of hydrogen-bond donors (Lipinski definition) is 2. The van der Waals surface area contributed by atoms with Crippen LogP contribution in [-0.2, 0) is 29.6 Å². The number of hydrogen-bond acceptors (Lipinski definition) is 5. The highest BCUT2D eigenvalue weighted by atomic mass is 32.1. The number of carbonyl (C=O) groups excluding carboxylic acids is 2. The summed E-state index contributed by atoms with van der Waals surface area (Å²) >= 11 is 1.20. The molecule has 24 heavy (non-hydrogen) atoms. The predicted molar refractivity (Wildman–Crippen MR) is 90.8 cm³/mol. The van der Waals surface area contributed by atoms with Gasteiger partial charge in [-0.2, -0.15) is 0 Å². The van der Waals surface area contributed by atoms with E-state index in [9.17, 15) is 14.4 Å². The SMILES string of the molecule is Cn1c(=O)n(CC(=O)Nc2nc(CC(N)=O)cs2)c2ccccc21. The van der Waals surface area contributed by atoms with Crippen LogP contribution in [0.4, 0.5) is 5.13 Å². The van der Waals surface area contributed by atoms with Crippen molar-refractivity contribution in [1.29, 1.82) is 0 Å². The van der Waals surface area contributed by atoms with Crippen molar-refractivity contribution in [1.82, 2.24) is 14.1 Å². The molecule has 124 valence electrons. The molecule has 0 bridgehead atoms. The molecule has 0 saturated heterocycles. The topological polar surface area (TPSA) is 112 Å². The average molecular weight is 345 g/mol. The minimum atomic E-state index is -0.486. The molecule has 0 aliphatic carbocycles. The van der Waals surface area contributed by atoms with Crippen LogP contribution >= 0.6 is 11.3 Å². The van der Waals surface area contributed by atoms with E-state index in [1.54, 1.807) is 18.5 Å². The molecule has 3 N–H and O–H groups in total. The lowest BCUT2D eigenvalue weighted by Crippen LogP contribution is -2.28. The number of carbonyl (C=O) groups is 2. The molecular weight excluding hydrogens is 330 g/mol. The molecule has 0 spiro atoms. The van der Waals surface area contributed by atoms with Crippen LogP contribution in [0, 0.1) is 0 Å². The van der Waals surface area contributed by atoms with Crippen LogP contribution in [0.25, 0.3) is 11.0 Å². The minimum Gasteiger partial charge on any atom is -0.369 e. The summed E-state index contributed by atoms with van der Waals surface area (Å²) in [6.07, 6.45) is 0.0230. The number of nitrogens with one attached hydrogen (secondary N) is 1. The lowest BCUT2D eigenvalue weighted by molar-refractivity contribution is -0.117. The molecule has 0 saturated carbocycles. The normalized spacial score (nSPS) is 10.9. The third kappa shape index (κ3) is 3.06. The lowest BCUT2D eigenvalue weighted by atomic mass is 10.3. The van der Waals surface area contributed by atoms with Crippen LogP contribution < -0.4 is 16.7 Å². The summed E-state index contributed by atoms with van der Waals surface area (Å²) in [6, 6.07) is 7.26. The standard InChI is InChI=1S/C15H15N5O3S/c1-19-10-4-2-3-5-11(10)20(15(19)23)7-13(22)18-14-17-9(8-24-14)6-12(16)21/h2-5,8H,6-7H2,1H3,(H2,16,21)(H,17,18,22). The zero-order valence-corrected chi connectivity index (χ0v) is 13.7. The van der Waals surface area contributed by atoms with Gasteiger partial charge in [0.15, 0.2) is 5.13 Å². The van der Waals surface area contributed by atoms with Crippen molar-refractivity contribution in [2.24, 2.45) is 12.8 Å². The smallest absolute Gasteiger partial charge is 0.329 e. The zero-order valence-electron chi connectivity index (χ0n) is 12.9. The van der Waals surface area contributed by atoms with Gasteiger partial charge in [-0.25, -0.2) is 9.78 Å². The van der Waals surface area contributed by atoms with E-state index in [-0.39, 0.29) is 24.6 Å². The number of para-hydroxylation sites is 2. The van der Waals surface area contributed by atoms with Crippen LogP contribution in [0.1, 0.15) is 5.69 Å². The van der Waals surface area contributed by atoms with Gasteiger partial charge in [-0.15, -0.1) is 11.3 Å². The maximum absolute atomic E-state index is 12.3. The molecule has 0 aliphatic rings. The van der Waals surface area contributed by atoms with Gasteiger partial charge in [-0.05, 0) is 12.1 Å². The first kappa shape index (κ1) is 15.9. The van der Waals surface area contributed by atoms with E-state index in [1.807, 2.05) is 18.2 Å². The molecule has 0 aliphatic heterocycles. The van der Waals surface area contributed by atoms with Crippen molar-refractivity contribution in [3.05, 3.63) is 45.8 Å². The number of imidazole rings is 1. The van der Waals surface area contributed by atoms with E-state index in [0.717, 1.165) is 5.52 Å². The summed E-state index contributed by atoms with van der Waals surface area (Å²) in [7, 11) is 1.66. The highest BCUT2D eigenvalue weighted by molar-refractivity contribution is 7.13. The number of primary amides is 1. The number of fused-ring (bicyclic) bond motifs is 1. The van der Waals surface area contributed by atoms with Crippen molar-refractivity contribution in [2.75, 3.05) is 5.32 Å². The molecule has 0 unspecified atom stereocenters. The summed E-state index contributed by atoms with van der Waals surface area (Å²) in [5, 5.41) is 4.66. The maximum atomic E-state index is 12.3. The summed E-state index contributed by atoms with van der Waals surface area (Å²) in [6.45, 7) is -0.120. The Labute approximate surface area is 140 Å². The van der Waals surface area contributed by atoms with Gasteiger partial charge in [0, 0.05) is 12.4 Å². The summed E-state index contributed by atoms with van der Waals surface area (Å²) < 4.78 is 2.90. The molecular formula is C15H15N5O3S. The molecule has 2 heterocycles. The van der Waals surface area contributed by atoms with Crippen molar-refractivity contribution < 1.29 is 9.59 Å². The van der Waals surface area contributed by atoms with Crippen LogP contribution in [0.15, 0.2) is 34.4 Å². The summed E-state index contributed by atoms with van der Waals surface area (Å²) in [5.41, 5.74) is 6.79. The van der Waals surface area contributed by atoms with Crippen molar-refractivity contribution >= 4 is 39.3 Å². The number of aromatic nitrogens is 3. The maximum Gasteiger partial charge on any atom is 0.329 e. The molecule has 9 heteroatoms. The number of amides is 2. The van der Waals surface area contributed by atoms with Crippen LogP contribution in [0.3, 0.4) is 0 Å². The fourth-order valence-corrected chi connectivity index (χ4v) is 3.17. The Balaban J connectivity index is 1.78. The second-order valence-electron chi connectivity index (χ2n) is 5.25. The monoisotopic (exact) mass is 345 g/mol. The number of nitrogens with zero attached hydrogens (tertiary/aromatic N) is 3. The first-order valence-electron chi connectivity index (χ1n) is 7.12. The van der Waals surface area contributed by atoms with Crippen molar-refractivity contribution in [3.8, 4) is 0 Å². The Hall–Kier alpha value is -2.94. The number of rotatable bonds is 5. The molecule has 0 fully saturated rings. The van der Waals surface area contributed by atoms with Gasteiger partial charge in [-0.3, -0.25) is 18.7 Å². The van der Waals surface area contributed by atoms with E-state index in [2.05, 4.69) is 10.3 Å². The van der Waals surface area contributed by atoms with Gasteiger partial charge in [0.05, 0.1) is 23.1 Å². The Morgan fingerprint density at radius 2 is 2.00 bits per heavy atom. The number of nitrogens with two attached hydrogens (primary N) is 1. The van der Waals surface area contributed by atoms with E-state index in [0.29, 0.717) is 16.3 Å².